The van der Waals surface area contributed by atoms with Crippen LogP contribution >= 0.6 is 0 Å². The first-order chi connectivity index (χ1) is 9.35. The highest BCUT2D eigenvalue weighted by Gasteiger charge is 2.59. The molecule has 20 heavy (non-hydrogen) atoms. The highest BCUT2D eigenvalue weighted by molar-refractivity contribution is 7.89. The van der Waals surface area contributed by atoms with Gasteiger partial charge in [0, 0.05) is 19.6 Å². The summed E-state index contributed by atoms with van der Waals surface area (Å²) in [6.45, 7) is 0.763. The Hall–Kier alpha value is -1.67. The van der Waals surface area contributed by atoms with Gasteiger partial charge in [-0.3, -0.25) is 0 Å². The second-order valence-electron chi connectivity index (χ2n) is 5.14. The van der Waals surface area contributed by atoms with Crippen molar-refractivity contribution in [3.63, 3.8) is 0 Å². The third-order valence-electron chi connectivity index (χ3n) is 3.95. The van der Waals surface area contributed by atoms with Gasteiger partial charge in [0.25, 0.3) is 0 Å². The number of carbonyl (C=O) groups is 1. The van der Waals surface area contributed by atoms with Gasteiger partial charge in [0.1, 0.15) is 5.82 Å². The van der Waals surface area contributed by atoms with E-state index in [9.17, 15) is 17.6 Å². The van der Waals surface area contributed by atoms with Crippen LogP contribution in [0.25, 0.3) is 0 Å². The fraction of sp³-hybridized carbons (Fsp3) is 0.417. The Kier molecular flexibility index (Phi) is 2.77. The van der Waals surface area contributed by atoms with Crippen molar-refractivity contribution in [3.8, 4) is 0 Å². The number of rotatable bonds is 2. The molecule has 0 saturated carbocycles. The standard InChI is InChI=1S/C12H13FN2O4S/c13-9-1-3-10(4-2-9)20(18,19)15-6-5-12(15)7-14(8-12)11(16)17/h1-4H,5-8H2,(H,16,17). The van der Waals surface area contributed by atoms with E-state index in [1.807, 2.05) is 0 Å². The largest absolute Gasteiger partial charge is 0.465 e. The van der Waals surface area contributed by atoms with Crippen molar-refractivity contribution in [3.05, 3.63) is 30.1 Å². The van der Waals surface area contributed by atoms with E-state index >= 15 is 0 Å². The Morgan fingerprint density at radius 2 is 1.85 bits per heavy atom. The maximum Gasteiger partial charge on any atom is 0.407 e. The number of sulfonamides is 1. The van der Waals surface area contributed by atoms with Gasteiger partial charge in [0.2, 0.25) is 10.0 Å². The predicted octanol–water partition coefficient (Wildman–Crippen LogP) is 0.953. The van der Waals surface area contributed by atoms with Gasteiger partial charge < -0.3 is 10.0 Å². The van der Waals surface area contributed by atoms with Crippen LogP contribution in [0.2, 0.25) is 0 Å². The second-order valence-corrected chi connectivity index (χ2v) is 7.01. The fourth-order valence-electron chi connectivity index (χ4n) is 2.74. The van der Waals surface area contributed by atoms with Gasteiger partial charge in [-0.05, 0) is 30.7 Å². The minimum atomic E-state index is -3.69. The second kappa shape index (κ2) is 4.16. The van der Waals surface area contributed by atoms with E-state index in [1.165, 1.54) is 21.3 Å². The van der Waals surface area contributed by atoms with Crippen LogP contribution in [0.5, 0.6) is 0 Å². The van der Waals surface area contributed by atoms with Crippen molar-refractivity contribution in [2.24, 2.45) is 0 Å². The zero-order valence-electron chi connectivity index (χ0n) is 10.5. The molecule has 0 aliphatic carbocycles. The van der Waals surface area contributed by atoms with Crippen LogP contribution in [0, 0.1) is 5.82 Å². The van der Waals surface area contributed by atoms with Gasteiger partial charge in [0.15, 0.2) is 0 Å². The predicted molar refractivity (Wildman–Crippen MR) is 67.2 cm³/mol. The van der Waals surface area contributed by atoms with E-state index in [-0.39, 0.29) is 18.0 Å². The molecule has 108 valence electrons. The zero-order chi connectivity index (χ0) is 14.5. The van der Waals surface area contributed by atoms with Crippen molar-refractivity contribution in [2.75, 3.05) is 19.6 Å². The summed E-state index contributed by atoms with van der Waals surface area (Å²) in [7, 11) is -3.69. The topological polar surface area (TPSA) is 77.9 Å². The maximum absolute atomic E-state index is 12.9. The highest BCUT2D eigenvalue weighted by Crippen LogP contribution is 2.42. The molecule has 2 aliphatic heterocycles. The number of benzene rings is 1. The molecular formula is C12H13FN2O4S. The molecule has 2 fully saturated rings. The molecule has 1 aromatic carbocycles. The van der Waals surface area contributed by atoms with Crippen molar-refractivity contribution in [1.29, 1.82) is 0 Å². The lowest BCUT2D eigenvalue weighted by molar-refractivity contribution is -0.0598. The third-order valence-corrected chi connectivity index (χ3v) is 5.97. The minimum absolute atomic E-state index is 0.0340. The summed E-state index contributed by atoms with van der Waals surface area (Å²) in [5.41, 5.74) is -0.606. The molecule has 3 rings (SSSR count). The molecule has 2 saturated heterocycles. The molecule has 1 spiro atoms. The van der Waals surface area contributed by atoms with E-state index < -0.39 is 27.5 Å². The Morgan fingerprint density at radius 1 is 1.25 bits per heavy atom. The molecule has 0 atom stereocenters. The lowest BCUT2D eigenvalue weighted by Crippen LogP contribution is -2.78. The molecule has 0 radical (unpaired) electrons. The Labute approximate surface area is 115 Å². The van der Waals surface area contributed by atoms with E-state index in [1.54, 1.807) is 0 Å². The fourth-order valence-corrected chi connectivity index (χ4v) is 4.53. The van der Waals surface area contributed by atoms with Crippen LogP contribution in [0.3, 0.4) is 0 Å². The average molecular weight is 300 g/mol. The smallest absolute Gasteiger partial charge is 0.407 e. The number of nitrogens with zero attached hydrogens (tertiary/aromatic N) is 2. The summed E-state index contributed by atoms with van der Waals surface area (Å²) in [4.78, 5) is 12.0. The molecule has 8 heteroatoms. The molecule has 0 aromatic heterocycles. The van der Waals surface area contributed by atoms with E-state index in [0.29, 0.717) is 13.0 Å². The van der Waals surface area contributed by atoms with Gasteiger partial charge in [-0.25, -0.2) is 17.6 Å². The molecule has 2 heterocycles. The highest BCUT2D eigenvalue weighted by atomic mass is 32.2. The van der Waals surface area contributed by atoms with Crippen LogP contribution in [0.1, 0.15) is 6.42 Å². The van der Waals surface area contributed by atoms with Crippen molar-refractivity contribution < 1.29 is 22.7 Å². The Bertz CT molecular complexity index is 653. The average Bonchev–Trinajstić information content (AvgIpc) is 2.25. The first-order valence-electron chi connectivity index (χ1n) is 6.11. The van der Waals surface area contributed by atoms with Crippen LogP contribution in [-0.2, 0) is 10.0 Å². The van der Waals surface area contributed by atoms with Crippen LogP contribution < -0.4 is 0 Å². The Morgan fingerprint density at radius 3 is 2.30 bits per heavy atom. The zero-order valence-corrected chi connectivity index (χ0v) is 11.3. The van der Waals surface area contributed by atoms with Crippen molar-refractivity contribution in [2.45, 2.75) is 16.9 Å². The summed E-state index contributed by atoms with van der Waals surface area (Å²) >= 11 is 0. The Balaban J connectivity index is 1.83. The molecule has 2 aliphatic rings. The summed E-state index contributed by atoms with van der Waals surface area (Å²) < 4.78 is 39.1. The SMILES string of the molecule is O=C(O)N1CC2(CCN2S(=O)(=O)c2ccc(F)cc2)C1. The third kappa shape index (κ3) is 1.79. The summed E-state index contributed by atoms with van der Waals surface area (Å²) in [6, 6.07) is 4.65. The van der Waals surface area contributed by atoms with Gasteiger partial charge in [-0.15, -0.1) is 0 Å². The number of halogens is 1. The first kappa shape index (κ1) is 13.3. The van der Waals surface area contributed by atoms with Gasteiger partial charge in [-0.1, -0.05) is 0 Å². The number of amides is 1. The quantitative estimate of drug-likeness (QED) is 0.882. The monoisotopic (exact) mass is 300 g/mol. The van der Waals surface area contributed by atoms with Crippen LogP contribution in [-0.4, -0.2) is 54.0 Å². The van der Waals surface area contributed by atoms with Gasteiger partial charge in [-0.2, -0.15) is 4.31 Å². The lowest BCUT2D eigenvalue weighted by Gasteiger charge is -2.60. The molecule has 1 N–H and O–H groups in total. The summed E-state index contributed by atoms with van der Waals surface area (Å²) in [5.74, 6) is -0.497. The molecule has 0 unspecified atom stereocenters. The van der Waals surface area contributed by atoms with Gasteiger partial charge in [0.05, 0.1) is 10.4 Å². The first-order valence-corrected chi connectivity index (χ1v) is 7.55. The number of likely N-dealkylation sites (tertiary alicyclic amines) is 1. The number of carboxylic acid groups (broad SMARTS) is 1. The number of hydrogen-bond donors (Lipinski definition) is 1. The van der Waals surface area contributed by atoms with Crippen LogP contribution in [0.4, 0.5) is 9.18 Å². The number of hydrogen-bond acceptors (Lipinski definition) is 3. The van der Waals surface area contributed by atoms with Crippen molar-refractivity contribution >= 4 is 16.1 Å². The summed E-state index contributed by atoms with van der Waals surface area (Å²) in [6.07, 6.45) is -0.390. The molecule has 1 aromatic rings. The maximum atomic E-state index is 12.9. The van der Waals surface area contributed by atoms with E-state index in [2.05, 4.69) is 0 Å². The van der Waals surface area contributed by atoms with Gasteiger partial charge >= 0.3 is 6.09 Å². The molecule has 1 amide bonds. The van der Waals surface area contributed by atoms with Crippen LogP contribution in [0.15, 0.2) is 29.2 Å². The lowest BCUT2D eigenvalue weighted by atomic mass is 9.80. The minimum Gasteiger partial charge on any atom is -0.465 e. The van der Waals surface area contributed by atoms with E-state index in [0.717, 1.165) is 12.1 Å². The van der Waals surface area contributed by atoms with Crippen molar-refractivity contribution in [1.82, 2.24) is 9.21 Å². The molecule has 0 bridgehead atoms. The summed E-state index contributed by atoms with van der Waals surface area (Å²) in [5, 5.41) is 8.84. The molecular weight excluding hydrogens is 287 g/mol. The van der Waals surface area contributed by atoms with E-state index in [4.69, 9.17) is 5.11 Å². The normalized spacial score (nSPS) is 21.4. The molecule has 6 nitrogen and oxygen atoms in total.